The zero-order valence-corrected chi connectivity index (χ0v) is 15.3. The Morgan fingerprint density at radius 2 is 1.76 bits per heavy atom. The smallest absolute Gasteiger partial charge is 0.335 e. The zero-order chi connectivity index (χ0) is 20.5. The van der Waals surface area contributed by atoms with Crippen molar-refractivity contribution in [3.05, 3.63) is 83.4 Å². The van der Waals surface area contributed by atoms with E-state index in [1.54, 1.807) is 42.5 Å². The van der Waals surface area contributed by atoms with Crippen LogP contribution < -0.4 is 10.2 Å². The number of furan rings is 1. The summed E-state index contributed by atoms with van der Waals surface area (Å²) in [5.74, 6) is -1.21. The molecule has 144 valence electrons. The molecule has 1 aromatic heterocycles. The third kappa shape index (κ3) is 3.58. The van der Waals surface area contributed by atoms with Crippen LogP contribution in [-0.4, -0.2) is 17.8 Å². The fraction of sp³-hybridized carbons (Fsp3) is 0.0455. The van der Waals surface area contributed by atoms with Crippen LogP contribution in [-0.2, 0) is 9.59 Å². The number of imide groups is 2. The highest BCUT2D eigenvalue weighted by molar-refractivity contribution is 6.39. The Morgan fingerprint density at radius 3 is 2.48 bits per heavy atom. The molecule has 4 amide bonds. The topological polar surface area (TPSA) is 79.6 Å². The first-order chi connectivity index (χ1) is 13.9. The van der Waals surface area contributed by atoms with Crippen molar-refractivity contribution in [3.63, 3.8) is 0 Å². The predicted molar refractivity (Wildman–Crippen MR) is 104 cm³/mol. The monoisotopic (exact) mass is 390 g/mol. The summed E-state index contributed by atoms with van der Waals surface area (Å²) in [4.78, 5) is 38.3. The number of hydrogen-bond donors (Lipinski definition) is 1. The van der Waals surface area contributed by atoms with Gasteiger partial charge in [0.2, 0.25) is 0 Å². The molecular weight excluding hydrogens is 375 g/mol. The predicted octanol–water partition coefficient (Wildman–Crippen LogP) is 4.06. The van der Waals surface area contributed by atoms with Crippen LogP contribution in [0.1, 0.15) is 11.3 Å². The van der Waals surface area contributed by atoms with Crippen molar-refractivity contribution >= 4 is 29.6 Å². The van der Waals surface area contributed by atoms with Gasteiger partial charge in [-0.1, -0.05) is 12.1 Å². The highest BCUT2D eigenvalue weighted by atomic mass is 19.1. The van der Waals surface area contributed by atoms with Gasteiger partial charge in [-0.25, -0.2) is 14.1 Å². The van der Waals surface area contributed by atoms with E-state index in [2.05, 4.69) is 5.32 Å². The van der Waals surface area contributed by atoms with Gasteiger partial charge in [0, 0.05) is 5.56 Å². The van der Waals surface area contributed by atoms with E-state index < -0.39 is 17.8 Å². The molecule has 0 saturated carbocycles. The molecular formula is C22H15FN2O4. The third-order valence-electron chi connectivity index (χ3n) is 4.40. The van der Waals surface area contributed by atoms with E-state index >= 15 is 0 Å². The van der Waals surface area contributed by atoms with Crippen molar-refractivity contribution in [1.82, 2.24) is 5.32 Å². The van der Waals surface area contributed by atoms with Gasteiger partial charge in [0.25, 0.3) is 11.8 Å². The summed E-state index contributed by atoms with van der Waals surface area (Å²) < 4.78 is 18.7. The Labute approximate surface area is 165 Å². The first kappa shape index (κ1) is 18.4. The Hall–Kier alpha value is -4.00. The maximum Gasteiger partial charge on any atom is 0.335 e. The van der Waals surface area contributed by atoms with Crippen molar-refractivity contribution in [2.45, 2.75) is 6.92 Å². The number of carbonyl (C=O) groups excluding carboxylic acids is 3. The Morgan fingerprint density at radius 1 is 1.00 bits per heavy atom. The fourth-order valence-corrected chi connectivity index (χ4v) is 3.00. The maximum atomic E-state index is 13.1. The molecule has 6 nitrogen and oxygen atoms in total. The van der Waals surface area contributed by atoms with Crippen molar-refractivity contribution in [2.24, 2.45) is 0 Å². The zero-order valence-electron chi connectivity index (χ0n) is 15.3. The van der Waals surface area contributed by atoms with Gasteiger partial charge in [-0.2, -0.15) is 0 Å². The van der Waals surface area contributed by atoms with Gasteiger partial charge in [-0.15, -0.1) is 0 Å². The Bertz CT molecular complexity index is 1160. The number of nitrogens with zero attached hydrogens (tertiary/aromatic N) is 1. The minimum Gasteiger partial charge on any atom is -0.457 e. The highest BCUT2D eigenvalue weighted by Gasteiger charge is 2.37. The number of halogens is 1. The van der Waals surface area contributed by atoms with Crippen molar-refractivity contribution in [1.29, 1.82) is 0 Å². The molecule has 0 unspecified atom stereocenters. The van der Waals surface area contributed by atoms with Crippen molar-refractivity contribution in [2.75, 3.05) is 4.90 Å². The fourth-order valence-electron chi connectivity index (χ4n) is 3.00. The number of barbiturate groups is 1. The van der Waals surface area contributed by atoms with Crippen molar-refractivity contribution in [3.8, 4) is 11.3 Å². The summed E-state index contributed by atoms with van der Waals surface area (Å²) in [6.07, 6.45) is 1.28. The van der Waals surface area contributed by atoms with Crippen LogP contribution in [0.25, 0.3) is 17.4 Å². The minimum atomic E-state index is -0.811. The van der Waals surface area contributed by atoms with Gasteiger partial charge in [0.1, 0.15) is 22.9 Å². The quantitative estimate of drug-likeness (QED) is 0.540. The molecule has 0 bridgehead atoms. The second kappa shape index (κ2) is 7.20. The van der Waals surface area contributed by atoms with Crippen LogP contribution in [0.3, 0.4) is 0 Å². The summed E-state index contributed by atoms with van der Waals surface area (Å²) in [7, 11) is 0. The molecule has 29 heavy (non-hydrogen) atoms. The van der Waals surface area contributed by atoms with Gasteiger partial charge in [0.15, 0.2) is 0 Å². The average molecular weight is 390 g/mol. The number of rotatable bonds is 3. The molecule has 0 atom stereocenters. The van der Waals surface area contributed by atoms with Crippen LogP contribution in [0.4, 0.5) is 14.9 Å². The molecule has 0 radical (unpaired) electrons. The first-order valence-corrected chi connectivity index (χ1v) is 8.76. The van der Waals surface area contributed by atoms with E-state index in [1.807, 2.05) is 13.0 Å². The maximum absolute atomic E-state index is 13.1. The highest BCUT2D eigenvalue weighted by Crippen LogP contribution is 2.26. The van der Waals surface area contributed by atoms with Crippen LogP contribution in [0.5, 0.6) is 0 Å². The largest absolute Gasteiger partial charge is 0.457 e. The van der Waals surface area contributed by atoms with E-state index in [0.29, 0.717) is 17.0 Å². The first-order valence-electron chi connectivity index (χ1n) is 8.76. The molecule has 1 aliphatic heterocycles. The molecule has 4 rings (SSSR count). The molecule has 2 aromatic carbocycles. The summed E-state index contributed by atoms with van der Waals surface area (Å²) in [5, 5.41) is 2.17. The number of aryl methyl sites for hydroxylation is 1. The minimum absolute atomic E-state index is 0.230. The summed E-state index contributed by atoms with van der Waals surface area (Å²) in [6.45, 7) is 1.83. The number of nitrogens with one attached hydrogen (secondary N) is 1. The van der Waals surface area contributed by atoms with Gasteiger partial charge in [-0.3, -0.25) is 14.9 Å². The van der Waals surface area contributed by atoms with Gasteiger partial charge in [-0.05, 0) is 67.1 Å². The lowest BCUT2D eigenvalue weighted by molar-refractivity contribution is -0.122. The molecule has 1 fully saturated rings. The summed E-state index contributed by atoms with van der Waals surface area (Å²) in [6, 6.07) is 15.0. The molecule has 1 N–H and O–H groups in total. The Kier molecular flexibility index (Phi) is 4.56. The van der Waals surface area contributed by atoms with Gasteiger partial charge in [0.05, 0.1) is 5.69 Å². The second-order valence-electron chi connectivity index (χ2n) is 6.51. The van der Waals surface area contributed by atoms with Gasteiger partial charge >= 0.3 is 6.03 Å². The van der Waals surface area contributed by atoms with Gasteiger partial charge < -0.3 is 4.42 Å². The number of amides is 4. The number of hydrogen-bond acceptors (Lipinski definition) is 4. The summed E-state index contributed by atoms with van der Waals surface area (Å²) in [5.41, 5.74) is 1.64. The number of benzene rings is 2. The standard InChI is InChI=1S/C22H15FN2O4/c1-13-3-2-4-16(11-13)25-21(27)18(20(26)24-22(25)28)12-17-9-10-19(29-17)14-5-7-15(23)8-6-14/h2-12H,1H3,(H,24,26,28)/b18-12-. The summed E-state index contributed by atoms with van der Waals surface area (Å²) >= 11 is 0. The Balaban J connectivity index is 1.67. The van der Waals surface area contributed by atoms with E-state index in [4.69, 9.17) is 4.42 Å². The number of urea groups is 1. The molecule has 0 spiro atoms. The second-order valence-corrected chi connectivity index (χ2v) is 6.51. The van der Waals surface area contributed by atoms with E-state index in [1.165, 1.54) is 18.2 Å². The average Bonchev–Trinajstić information content (AvgIpc) is 3.14. The number of carbonyl (C=O) groups is 3. The van der Waals surface area contributed by atoms with Crippen LogP contribution in [0, 0.1) is 12.7 Å². The van der Waals surface area contributed by atoms with Crippen LogP contribution >= 0.6 is 0 Å². The molecule has 2 heterocycles. The van der Waals surface area contributed by atoms with E-state index in [0.717, 1.165) is 10.5 Å². The van der Waals surface area contributed by atoms with E-state index in [-0.39, 0.29) is 17.2 Å². The number of anilines is 1. The van der Waals surface area contributed by atoms with E-state index in [9.17, 15) is 18.8 Å². The lowest BCUT2D eigenvalue weighted by Gasteiger charge is -2.26. The normalized spacial score (nSPS) is 15.7. The third-order valence-corrected chi connectivity index (χ3v) is 4.40. The molecule has 1 aliphatic rings. The lowest BCUT2D eigenvalue weighted by atomic mass is 10.1. The SMILES string of the molecule is Cc1cccc(N2C(=O)NC(=O)/C(=C/c3ccc(-c4ccc(F)cc4)o3)C2=O)c1. The molecule has 7 heteroatoms. The lowest BCUT2D eigenvalue weighted by Crippen LogP contribution is -2.54. The van der Waals surface area contributed by atoms with Crippen LogP contribution in [0.2, 0.25) is 0 Å². The molecule has 0 aliphatic carbocycles. The molecule has 3 aromatic rings. The molecule has 1 saturated heterocycles. The van der Waals surface area contributed by atoms with Crippen LogP contribution in [0.15, 0.2) is 70.7 Å². The van der Waals surface area contributed by atoms with Crippen molar-refractivity contribution < 1.29 is 23.2 Å².